The second-order valence-corrected chi connectivity index (χ2v) is 5.78. The molecule has 1 heterocycles. The maximum atomic E-state index is 12.8. The number of carbonyl (C=O) groups is 1. The number of anilines is 2. The molecule has 0 spiro atoms. The molecule has 0 unspecified atom stereocenters. The lowest BCUT2D eigenvalue weighted by molar-refractivity contribution is -0.137. The number of rotatable bonds is 4. The minimum atomic E-state index is -4.52. The van der Waals surface area contributed by atoms with Crippen LogP contribution >= 0.6 is 11.6 Å². The van der Waals surface area contributed by atoms with Crippen molar-refractivity contribution in [2.45, 2.75) is 26.1 Å². The van der Waals surface area contributed by atoms with Crippen molar-refractivity contribution < 1.29 is 18.0 Å². The molecule has 4 nitrogen and oxygen atoms in total. The Bertz CT molecular complexity index is 748. The Kier molecular flexibility index (Phi) is 5.33. The Morgan fingerprint density at radius 1 is 1.21 bits per heavy atom. The lowest BCUT2D eigenvalue weighted by atomic mass is 10.2. The number of hydrogen-bond acceptors (Lipinski definition) is 3. The van der Waals surface area contributed by atoms with Crippen LogP contribution in [0.2, 0.25) is 5.02 Å². The van der Waals surface area contributed by atoms with Gasteiger partial charge in [-0.2, -0.15) is 13.2 Å². The number of carbonyl (C=O) groups excluding carboxylic acids is 1. The first-order chi connectivity index (χ1) is 11.2. The number of pyridine rings is 1. The van der Waals surface area contributed by atoms with Crippen LogP contribution in [0.5, 0.6) is 0 Å². The number of hydrogen-bond donors (Lipinski definition) is 2. The molecule has 2 aromatic rings. The number of benzene rings is 1. The van der Waals surface area contributed by atoms with Gasteiger partial charge in [0.05, 0.1) is 16.3 Å². The molecule has 0 atom stereocenters. The summed E-state index contributed by atoms with van der Waals surface area (Å²) in [6, 6.07) is 6.08. The summed E-state index contributed by atoms with van der Waals surface area (Å²) < 4.78 is 38.3. The Morgan fingerprint density at radius 3 is 2.54 bits per heavy atom. The Balaban J connectivity index is 2.24. The van der Waals surface area contributed by atoms with Gasteiger partial charge in [0.2, 0.25) is 0 Å². The topological polar surface area (TPSA) is 54.0 Å². The van der Waals surface area contributed by atoms with Gasteiger partial charge in [-0.25, -0.2) is 0 Å². The van der Waals surface area contributed by atoms with Gasteiger partial charge in [0.1, 0.15) is 5.69 Å². The smallest absolute Gasteiger partial charge is 0.383 e. The summed E-state index contributed by atoms with van der Waals surface area (Å²) in [5, 5.41) is 5.48. The molecule has 0 saturated heterocycles. The van der Waals surface area contributed by atoms with E-state index in [0.717, 1.165) is 18.2 Å². The van der Waals surface area contributed by atoms with Crippen LogP contribution < -0.4 is 10.6 Å². The highest BCUT2D eigenvalue weighted by Gasteiger charge is 2.31. The highest BCUT2D eigenvalue weighted by Crippen LogP contribution is 2.33. The number of alkyl halides is 3. The van der Waals surface area contributed by atoms with E-state index in [4.69, 9.17) is 11.6 Å². The fourth-order valence-electron chi connectivity index (χ4n) is 1.96. The van der Waals surface area contributed by atoms with Gasteiger partial charge in [-0.15, -0.1) is 0 Å². The number of halogens is 4. The number of nitrogens with one attached hydrogen (secondary N) is 2. The van der Waals surface area contributed by atoms with Crippen molar-refractivity contribution in [3.8, 4) is 0 Å². The largest absolute Gasteiger partial charge is 0.416 e. The molecule has 128 valence electrons. The van der Waals surface area contributed by atoms with Gasteiger partial charge in [-0.05, 0) is 44.2 Å². The SMILES string of the molecule is CC(C)Nc1ccnc(C(=O)Nc2cc(C(F)(F)F)ccc2Cl)c1. The van der Waals surface area contributed by atoms with Gasteiger partial charge in [-0.3, -0.25) is 9.78 Å². The van der Waals surface area contributed by atoms with Crippen LogP contribution in [-0.2, 0) is 6.18 Å². The van der Waals surface area contributed by atoms with E-state index in [9.17, 15) is 18.0 Å². The maximum absolute atomic E-state index is 12.8. The van der Waals surface area contributed by atoms with Crippen LogP contribution in [0, 0.1) is 0 Å². The molecule has 0 bridgehead atoms. The predicted molar refractivity (Wildman–Crippen MR) is 87.4 cm³/mol. The van der Waals surface area contributed by atoms with Gasteiger partial charge in [0.15, 0.2) is 0 Å². The molecular formula is C16H15ClF3N3O. The number of aromatic nitrogens is 1. The van der Waals surface area contributed by atoms with Crippen LogP contribution in [0.3, 0.4) is 0 Å². The third-order valence-electron chi connectivity index (χ3n) is 2.99. The minimum absolute atomic E-state index is 0.00723. The van der Waals surface area contributed by atoms with E-state index in [1.807, 2.05) is 13.8 Å². The van der Waals surface area contributed by atoms with Gasteiger partial charge in [0.25, 0.3) is 5.91 Å². The number of nitrogens with zero attached hydrogens (tertiary/aromatic N) is 1. The van der Waals surface area contributed by atoms with E-state index in [1.165, 1.54) is 12.3 Å². The molecule has 0 aliphatic rings. The lowest BCUT2D eigenvalue weighted by Gasteiger charge is -2.13. The number of amides is 1. The highest BCUT2D eigenvalue weighted by atomic mass is 35.5. The first-order valence-corrected chi connectivity index (χ1v) is 7.45. The molecule has 8 heteroatoms. The Hall–Kier alpha value is -2.28. The maximum Gasteiger partial charge on any atom is 0.416 e. The first kappa shape index (κ1) is 18.1. The molecule has 2 N–H and O–H groups in total. The zero-order chi connectivity index (χ0) is 17.9. The van der Waals surface area contributed by atoms with Crippen LogP contribution in [-0.4, -0.2) is 16.9 Å². The summed E-state index contributed by atoms with van der Waals surface area (Å²) in [6.45, 7) is 3.87. The normalized spacial score (nSPS) is 11.5. The van der Waals surface area contributed by atoms with E-state index >= 15 is 0 Å². The quantitative estimate of drug-likeness (QED) is 0.824. The first-order valence-electron chi connectivity index (χ1n) is 7.07. The molecule has 0 aliphatic heterocycles. The molecule has 24 heavy (non-hydrogen) atoms. The summed E-state index contributed by atoms with van der Waals surface area (Å²) in [6.07, 6.45) is -3.09. The van der Waals surface area contributed by atoms with Crippen LogP contribution in [0.4, 0.5) is 24.5 Å². The summed E-state index contributed by atoms with van der Waals surface area (Å²) in [5.41, 5.74) is -0.277. The molecule has 1 amide bonds. The summed E-state index contributed by atoms with van der Waals surface area (Å²) in [4.78, 5) is 16.2. The van der Waals surface area contributed by atoms with E-state index < -0.39 is 17.6 Å². The van der Waals surface area contributed by atoms with Crippen molar-refractivity contribution in [1.29, 1.82) is 0 Å². The van der Waals surface area contributed by atoms with Crippen molar-refractivity contribution in [1.82, 2.24) is 4.98 Å². The fourth-order valence-corrected chi connectivity index (χ4v) is 2.13. The van der Waals surface area contributed by atoms with Crippen molar-refractivity contribution in [3.05, 3.63) is 52.8 Å². The molecule has 0 saturated carbocycles. The minimum Gasteiger partial charge on any atom is -0.383 e. The monoisotopic (exact) mass is 357 g/mol. The van der Waals surface area contributed by atoms with E-state index in [0.29, 0.717) is 5.69 Å². The molecule has 2 rings (SSSR count). The molecule has 1 aromatic heterocycles. The second-order valence-electron chi connectivity index (χ2n) is 5.38. The zero-order valence-electron chi connectivity index (χ0n) is 12.9. The fraction of sp³-hybridized carbons (Fsp3) is 0.250. The average Bonchev–Trinajstić information content (AvgIpc) is 2.48. The lowest BCUT2D eigenvalue weighted by Crippen LogP contribution is -2.16. The van der Waals surface area contributed by atoms with E-state index in [2.05, 4.69) is 15.6 Å². The predicted octanol–water partition coefficient (Wildman–Crippen LogP) is 4.83. The van der Waals surface area contributed by atoms with Crippen LogP contribution in [0.25, 0.3) is 0 Å². The summed E-state index contributed by atoms with van der Waals surface area (Å²) in [5.74, 6) is -0.649. The van der Waals surface area contributed by atoms with Crippen molar-refractivity contribution in [3.63, 3.8) is 0 Å². The molecule has 0 radical (unpaired) electrons. The Labute approximate surface area is 142 Å². The third kappa shape index (κ3) is 4.61. The van der Waals surface area contributed by atoms with Crippen molar-refractivity contribution in [2.24, 2.45) is 0 Å². The van der Waals surface area contributed by atoms with E-state index in [1.54, 1.807) is 6.07 Å². The van der Waals surface area contributed by atoms with Crippen LogP contribution in [0.1, 0.15) is 29.9 Å². The highest BCUT2D eigenvalue weighted by molar-refractivity contribution is 6.33. The van der Waals surface area contributed by atoms with Crippen molar-refractivity contribution in [2.75, 3.05) is 10.6 Å². The molecule has 0 aliphatic carbocycles. The third-order valence-corrected chi connectivity index (χ3v) is 3.32. The average molecular weight is 358 g/mol. The second kappa shape index (κ2) is 7.09. The summed E-state index contributed by atoms with van der Waals surface area (Å²) >= 11 is 5.86. The zero-order valence-corrected chi connectivity index (χ0v) is 13.7. The van der Waals surface area contributed by atoms with Gasteiger partial charge in [-0.1, -0.05) is 11.6 Å². The summed E-state index contributed by atoms with van der Waals surface area (Å²) in [7, 11) is 0. The van der Waals surface area contributed by atoms with Gasteiger partial charge in [0, 0.05) is 17.9 Å². The van der Waals surface area contributed by atoms with E-state index in [-0.39, 0.29) is 22.4 Å². The van der Waals surface area contributed by atoms with Crippen molar-refractivity contribution >= 4 is 28.9 Å². The van der Waals surface area contributed by atoms with Crippen LogP contribution in [0.15, 0.2) is 36.5 Å². The van der Waals surface area contributed by atoms with Gasteiger partial charge < -0.3 is 10.6 Å². The molecule has 1 aromatic carbocycles. The Morgan fingerprint density at radius 2 is 1.92 bits per heavy atom. The molecule has 0 fully saturated rings. The van der Waals surface area contributed by atoms with Gasteiger partial charge >= 0.3 is 6.18 Å². The molecular weight excluding hydrogens is 343 g/mol. The standard InChI is InChI=1S/C16H15ClF3N3O/c1-9(2)22-11-5-6-21-14(8-11)15(24)23-13-7-10(16(18,19)20)3-4-12(13)17/h3-9H,1-2H3,(H,21,22)(H,23,24).